The first-order chi connectivity index (χ1) is 11.1. The van der Waals surface area contributed by atoms with Gasteiger partial charge in [0.1, 0.15) is 17.4 Å². The first-order valence-electron chi connectivity index (χ1n) is 6.81. The summed E-state index contributed by atoms with van der Waals surface area (Å²) >= 11 is 0. The Labute approximate surface area is 135 Å². The van der Waals surface area contributed by atoms with Crippen molar-refractivity contribution in [1.82, 2.24) is 4.90 Å². The molecule has 0 spiro atoms. The lowest BCUT2D eigenvalue weighted by molar-refractivity contribution is -0.139. The van der Waals surface area contributed by atoms with Gasteiger partial charge >= 0.3 is 6.18 Å². The maximum Gasteiger partial charge on any atom is 0.420 e. The molecule has 5 nitrogen and oxygen atoms in total. The number of rotatable bonds is 4. The Morgan fingerprint density at radius 3 is 2.25 bits per heavy atom. The molecule has 9 heteroatoms. The molecule has 1 aromatic rings. The zero-order valence-corrected chi connectivity index (χ0v) is 12.8. The highest BCUT2D eigenvalue weighted by Gasteiger charge is 2.36. The van der Waals surface area contributed by atoms with Gasteiger partial charge in [-0.25, -0.2) is 4.39 Å². The van der Waals surface area contributed by atoms with Crippen LogP contribution in [0.3, 0.4) is 0 Å². The van der Waals surface area contributed by atoms with E-state index in [2.05, 4.69) is 0 Å². The van der Waals surface area contributed by atoms with Gasteiger partial charge in [0.25, 0.3) is 5.91 Å². The fourth-order valence-corrected chi connectivity index (χ4v) is 1.97. The van der Waals surface area contributed by atoms with Gasteiger partial charge in [0, 0.05) is 18.7 Å². The lowest BCUT2D eigenvalue weighted by atomic mass is 10.0. The molecule has 2 N–H and O–H groups in total. The number of alkyl halides is 3. The van der Waals surface area contributed by atoms with E-state index in [4.69, 9.17) is 5.26 Å². The van der Waals surface area contributed by atoms with Crippen molar-refractivity contribution in [3.63, 3.8) is 0 Å². The van der Waals surface area contributed by atoms with Crippen molar-refractivity contribution in [3.8, 4) is 11.8 Å². The van der Waals surface area contributed by atoms with Crippen LogP contribution in [0.25, 0.3) is 5.76 Å². The molecule has 0 aliphatic carbocycles. The summed E-state index contributed by atoms with van der Waals surface area (Å²) in [6, 6.07) is 2.09. The minimum absolute atomic E-state index is 0.200. The molecule has 0 fully saturated rings. The number of benzene rings is 1. The number of phenols is 1. The normalized spacial score (nSPS) is 12.4. The zero-order chi connectivity index (χ0) is 18.7. The molecule has 1 aromatic carbocycles. The number of aliphatic hydroxyl groups excluding tert-OH is 1. The quantitative estimate of drug-likeness (QED) is 0.379. The molecule has 130 valence electrons. The Hall–Kier alpha value is -2.76. The van der Waals surface area contributed by atoms with Crippen LogP contribution in [0.15, 0.2) is 17.7 Å². The zero-order valence-electron chi connectivity index (χ0n) is 12.8. The van der Waals surface area contributed by atoms with Gasteiger partial charge in [0.2, 0.25) is 0 Å². The minimum atomic E-state index is -5.09. The molecule has 0 aromatic heterocycles. The SMILES string of the molecule is CCN(CC)C(=O)/C(C#N)=C(\O)c1cc(F)c(O)c(C(F)(F)F)c1. The topological polar surface area (TPSA) is 84.6 Å². The van der Waals surface area contributed by atoms with E-state index >= 15 is 0 Å². The standard InChI is InChI=1S/C15H14F4N2O3/c1-3-21(4-2)14(24)9(7-20)12(22)8-5-10(15(17,18)19)13(23)11(16)6-8/h5-6,22-23H,3-4H2,1-2H3/b12-9-. The summed E-state index contributed by atoms with van der Waals surface area (Å²) in [6.07, 6.45) is -5.09. The van der Waals surface area contributed by atoms with Crippen molar-refractivity contribution in [3.05, 3.63) is 34.6 Å². The number of aliphatic hydroxyl groups is 1. The van der Waals surface area contributed by atoms with E-state index in [0.717, 1.165) is 4.90 Å². The summed E-state index contributed by atoms with van der Waals surface area (Å²) in [5.41, 5.74) is -3.29. The summed E-state index contributed by atoms with van der Waals surface area (Å²) in [4.78, 5) is 13.3. The second kappa shape index (κ2) is 7.21. The Morgan fingerprint density at radius 1 is 1.29 bits per heavy atom. The highest BCUT2D eigenvalue weighted by atomic mass is 19.4. The van der Waals surface area contributed by atoms with Gasteiger partial charge in [-0.2, -0.15) is 18.4 Å². The van der Waals surface area contributed by atoms with Gasteiger partial charge in [-0.05, 0) is 26.0 Å². The first kappa shape index (κ1) is 19.3. The third kappa shape index (κ3) is 3.76. The maximum absolute atomic E-state index is 13.5. The Kier molecular flexibility index (Phi) is 5.79. The molecule has 0 heterocycles. The van der Waals surface area contributed by atoms with Crippen LogP contribution in [0, 0.1) is 17.1 Å². The molecule has 24 heavy (non-hydrogen) atoms. The van der Waals surface area contributed by atoms with Crippen LogP contribution in [-0.2, 0) is 11.0 Å². The molecular formula is C15H14F4N2O3. The molecule has 0 aliphatic heterocycles. The van der Waals surface area contributed by atoms with E-state index < -0.39 is 46.1 Å². The molecule has 1 rings (SSSR count). The molecule has 0 saturated carbocycles. The molecule has 0 unspecified atom stereocenters. The van der Waals surface area contributed by atoms with E-state index in [1.165, 1.54) is 6.07 Å². The van der Waals surface area contributed by atoms with E-state index in [1.54, 1.807) is 13.8 Å². The third-order valence-electron chi connectivity index (χ3n) is 3.26. The van der Waals surface area contributed by atoms with Crippen LogP contribution in [0.1, 0.15) is 25.0 Å². The van der Waals surface area contributed by atoms with E-state index in [-0.39, 0.29) is 19.2 Å². The number of nitrogens with zero attached hydrogens (tertiary/aromatic N) is 2. The van der Waals surface area contributed by atoms with Crippen LogP contribution in [0.5, 0.6) is 5.75 Å². The van der Waals surface area contributed by atoms with Crippen molar-refractivity contribution < 1.29 is 32.6 Å². The van der Waals surface area contributed by atoms with Crippen LogP contribution >= 0.6 is 0 Å². The van der Waals surface area contributed by atoms with Crippen molar-refractivity contribution >= 4 is 11.7 Å². The lowest BCUT2D eigenvalue weighted by Crippen LogP contribution is -2.31. The number of carbonyl (C=O) groups excluding carboxylic acids is 1. The van der Waals surface area contributed by atoms with E-state index in [9.17, 15) is 32.6 Å². The Morgan fingerprint density at radius 2 is 1.83 bits per heavy atom. The van der Waals surface area contributed by atoms with Gasteiger partial charge in [0.15, 0.2) is 17.1 Å². The summed E-state index contributed by atoms with van der Waals surface area (Å²) in [7, 11) is 0. The number of nitriles is 1. The summed E-state index contributed by atoms with van der Waals surface area (Å²) in [6.45, 7) is 3.61. The third-order valence-corrected chi connectivity index (χ3v) is 3.26. The Balaban J connectivity index is 3.56. The van der Waals surface area contributed by atoms with Crippen molar-refractivity contribution in [2.24, 2.45) is 0 Å². The van der Waals surface area contributed by atoms with Crippen molar-refractivity contribution in [2.75, 3.05) is 13.1 Å². The fraction of sp³-hybridized carbons (Fsp3) is 0.333. The molecule has 0 saturated heterocycles. The fourth-order valence-electron chi connectivity index (χ4n) is 1.97. The van der Waals surface area contributed by atoms with Gasteiger partial charge in [0.05, 0.1) is 0 Å². The summed E-state index contributed by atoms with van der Waals surface area (Å²) < 4.78 is 51.9. The van der Waals surface area contributed by atoms with Gasteiger partial charge < -0.3 is 15.1 Å². The van der Waals surface area contributed by atoms with Crippen molar-refractivity contribution in [2.45, 2.75) is 20.0 Å². The molecular weight excluding hydrogens is 332 g/mol. The number of phenolic OH excluding ortho intramolecular Hbond substituents is 1. The smallest absolute Gasteiger partial charge is 0.420 e. The van der Waals surface area contributed by atoms with Gasteiger partial charge in [-0.1, -0.05) is 0 Å². The maximum atomic E-state index is 13.5. The van der Waals surface area contributed by atoms with Crippen LogP contribution in [0.4, 0.5) is 17.6 Å². The van der Waals surface area contributed by atoms with E-state index in [1.807, 2.05) is 0 Å². The molecule has 0 radical (unpaired) electrons. The number of aromatic hydroxyl groups is 1. The number of carbonyl (C=O) groups is 1. The largest absolute Gasteiger partial charge is 0.506 e. The van der Waals surface area contributed by atoms with Crippen molar-refractivity contribution in [1.29, 1.82) is 5.26 Å². The highest BCUT2D eigenvalue weighted by molar-refractivity contribution is 6.03. The first-order valence-corrected chi connectivity index (χ1v) is 6.81. The average Bonchev–Trinajstić information content (AvgIpc) is 2.50. The molecule has 0 bridgehead atoms. The van der Waals surface area contributed by atoms with Crippen LogP contribution in [0.2, 0.25) is 0 Å². The Bertz CT molecular complexity index is 717. The lowest BCUT2D eigenvalue weighted by Gasteiger charge is -2.18. The van der Waals surface area contributed by atoms with Gasteiger partial charge in [-0.15, -0.1) is 0 Å². The van der Waals surface area contributed by atoms with E-state index in [0.29, 0.717) is 6.07 Å². The molecule has 0 atom stereocenters. The predicted octanol–water partition coefficient (Wildman–Crippen LogP) is 3.21. The minimum Gasteiger partial charge on any atom is -0.506 e. The average molecular weight is 346 g/mol. The summed E-state index contributed by atoms with van der Waals surface area (Å²) in [5, 5.41) is 28.2. The second-order valence-electron chi connectivity index (χ2n) is 4.66. The number of amides is 1. The highest BCUT2D eigenvalue weighted by Crippen LogP contribution is 2.39. The number of hydrogen-bond donors (Lipinski definition) is 2. The predicted molar refractivity (Wildman–Crippen MR) is 76.2 cm³/mol. The van der Waals surface area contributed by atoms with Crippen LogP contribution < -0.4 is 0 Å². The molecule has 1 amide bonds. The molecule has 0 aliphatic rings. The number of hydrogen-bond acceptors (Lipinski definition) is 4. The van der Waals surface area contributed by atoms with Crippen LogP contribution in [-0.4, -0.2) is 34.1 Å². The monoisotopic (exact) mass is 346 g/mol. The van der Waals surface area contributed by atoms with Gasteiger partial charge in [-0.3, -0.25) is 4.79 Å². The second-order valence-corrected chi connectivity index (χ2v) is 4.66. The number of likely N-dealkylation sites (N-methyl/N-ethyl adjacent to an activating group) is 1. The number of halogens is 4. The summed E-state index contributed by atoms with van der Waals surface area (Å²) in [5.74, 6) is -5.27.